The number of carbonyl (C=O) groups is 1. The third kappa shape index (κ3) is 3.08. The van der Waals surface area contributed by atoms with Crippen molar-refractivity contribution >= 4 is 5.91 Å². The van der Waals surface area contributed by atoms with Gasteiger partial charge in [0.15, 0.2) is 0 Å². The van der Waals surface area contributed by atoms with Gasteiger partial charge in [0.05, 0.1) is 6.54 Å². The fourth-order valence-electron chi connectivity index (χ4n) is 1.75. The number of nitrogens with two attached hydrogens (primary N) is 1. The summed E-state index contributed by atoms with van der Waals surface area (Å²) in [7, 11) is 0. The molecule has 0 saturated heterocycles. The molecule has 13 heavy (non-hydrogen) atoms. The van der Waals surface area contributed by atoms with Gasteiger partial charge in [-0.1, -0.05) is 12.3 Å². The normalized spacial score (nSPS) is 27.7. The fraction of sp³-hybridized carbons (Fsp3) is 0.700. The van der Waals surface area contributed by atoms with Crippen LogP contribution in [0.25, 0.3) is 0 Å². The summed E-state index contributed by atoms with van der Waals surface area (Å²) >= 11 is 0. The standard InChI is InChI=1S/C10H16N2O/c1-2-6-12-10(13)8-4-3-5-9(11)7-8/h1,8-9H,3-7,11H2,(H,12,13). The molecule has 3 N–H and O–H groups in total. The van der Waals surface area contributed by atoms with Gasteiger partial charge in [-0.15, -0.1) is 6.42 Å². The van der Waals surface area contributed by atoms with Gasteiger partial charge in [0.1, 0.15) is 0 Å². The molecular formula is C10H16N2O. The number of carbonyl (C=O) groups excluding carboxylic acids is 1. The van der Waals surface area contributed by atoms with E-state index in [9.17, 15) is 4.79 Å². The lowest BCUT2D eigenvalue weighted by atomic mass is 9.85. The van der Waals surface area contributed by atoms with E-state index >= 15 is 0 Å². The van der Waals surface area contributed by atoms with E-state index in [0.29, 0.717) is 6.54 Å². The molecule has 72 valence electrons. The van der Waals surface area contributed by atoms with Gasteiger partial charge >= 0.3 is 0 Å². The number of hydrogen-bond donors (Lipinski definition) is 2. The van der Waals surface area contributed by atoms with Crippen molar-refractivity contribution in [2.75, 3.05) is 6.54 Å². The molecule has 0 radical (unpaired) electrons. The highest BCUT2D eigenvalue weighted by molar-refractivity contribution is 5.79. The van der Waals surface area contributed by atoms with Crippen LogP contribution in [0.1, 0.15) is 25.7 Å². The van der Waals surface area contributed by atoms with Crippen molar-refractivity contribution in [3.63, 3.8) is 0 Å². The second-order valence-electron chi connectivity index (χ2n) is 3.55. The van der Waals surface area contributed by atoms with Gasteiger partial charge in [-0.25, -0.2) is 0 Å². The van der Waals surface area contributed by atoms with Crippen molar-refractivity contribution in [3.8, 4) is 12.3 Å². The molecule has 0 aliphatic heterocycles. The Kier molecular flexibility index (Phi) is 3.78. The van der Waals surface area contributed by atoms with E-state index in [0.717, 1.165) is 25.7 Å². The summed E-state index contributed by atoms with van der Waals surface area (Å²) in [5, 5.41) is 2.69. The van der Waals surface area contributed by atoms with E-state index in [1.807, 2.05) is 0 Å². The van der Waals surface area contributed by atoms with E-state index in [1.54, 1.807) is 0 Å². The molecule has 2 atom stereocenters. The first-order valence-electron chi connectivity index (χ1n) is 4.70. The van der Waals surface area contributed by atoms with Crippen LogP contribution in [0.2, 0.25) is 0 Å². The first kappa shape index (κ1) is 10.1. The van der Waals surface area contributed by atoms with E-state index in [1.165, 1.54) is 0 Å². The van der Waals surface area contributed by atoms with Crippen LogP contribution in [0.4, 0.5) is 0 Å². The SMILES string of the molecule is C#CCNC(=O)C1CCCC(N)C1. The Labute approximate surface area is 79.1 Å². The van der Waals surface area contributed by atoms with Crippen molar-refractivity contribution in [1.82, 2.24) is 5.32 Å². The van der Waals surface area contributed by atoms with Gasteiger partial charge < -0.3 is 11.1 Å². The van der Waals surface area contributed by atoms with Gasteiger partial charge in [-0.3, -0.25) is 4.79 Å². The van der Waals surface area contributed by atoms with Gasteiger partial charge in [-0.05, 0) is 19.3 Å². The predicted octanol–water partition coefficient (Wildman–Crippen LogP) is 0.253. The summed E-state index contributed by atoms with van der Waals surface area (Å²) in [6.07, 6.45) is 8.89. The molecule has 1 aliphatic rings. The molecule has 3 heteroatoms. The summed E-state index contributed by atoms with van der Waals surface area (Å²) in [5.74, 6) is 2.53. The molecule has 0 aromatic carbocycles. The Bertz CT molecular complexity index is 219. The lowest BCUT2D eigenvalue weighted by Gasteiger charge is -2.25. The van der Waals surface area contributed by atoms with Crippen LogP contribution in [0.15, 0.2) is 0 Å². The van der Waals surface area contributed by atoms with Crippen molar-refractivity contribution in [3.05, 3.63) is 0 Å². The molecule has 3 nitrogen and oxygen atoms in total. The molecule has 2 unspecified atom stereocenters. The van der Waals surface area contributed by atoms with Crippen molar-refractivity contribution in [2.24, 2.45) is 11.7 Å². The molecule has 1 fully saturated rings. The zero-order chi connectivity index (χ0) is 9.68. The fourth-order valence-corrected chi connectivity index (χ4v) is 1.75. The van der Waals surface area contributed by atoms with Gasteiger partial charge in [0.25, 0.3) is 0 Å². The van der Waals surface area contributed by atoms with E-state index < -0.39 is 0 Å². The third-order valence-electron chi connectivity index (χ3n) is 2.45. The van der Waals surface area contributed by atoms with Crippen LogP contribution in [0.5, 0.6) is 0 Å². The highest BCUT2D eigenvalue weighted by Gasteiger charge is 2.24. The molecule has 1 aliphatic carbocycles. The Morgan fingerprint density at radius 1 is 1.62 bits per heavy atom. The zero-order valence-corrected chi connectivity index (χ0v) is 7.75. The first-order valence-corrected chi connectivity index (χ1v) is 4.70. The molecule has 1 rings (SSSR count). The van der Waals surface area contributed by atoms with Gasteiger partial charge in [0, 0.05) is 12.0 Å². The minimum absolute atomic E-state index is 0.0631. The van der Waals surface area contributed by atoms with E-state index in [-0.39, 0.29) is 17.9 Å². The largest absolute Gasteiger partial charge is 0.345 e. The monoisotopic (exact) mass is 180 g/mol. The molecule has 1 amide bonds. The summed E-state index contributed by atoms with van der Waals surface area (Å²) in [6, 6.07) is 0.190. The van der Waals surface area contributed by atoms with Crippen LogP contribution >= 0.6 is 0 Å². The molecule has 0 heterocycles. The minimum atomic E-state index is 0.0631. The van der Waals surface area contributed by atoms with Crippen LogP contribution in [-0.4, -0.2) is 18.5 Å². The molecular weight excluding hydrogens is 164 g/mol. The molecule has 0 spiro atoms. The Balaban J connectivity index is 2.33. The predicted molar refractivity (Wildman–Crippen MR) is 51.8 cm³/mol. The maximum Gasteiger partial charge on any atom is 0.223 e. The molecule has 1 saturated carbocycles. The topological polar surface area (TPSA) is 55.1 Å². The number of amides is 1. The maximum absolute atomic E-state index is 11.4. The number of rotatable bonds is 2. The van der Waals surface area contributed by atoms with E-state index in [2.05, 4.69) is 11.2 Å². The number of nitrogens with one attached hydrogen (secondary N) is 1. The smallest absolute Gasteiger partial charge is 0.223 e. The lowest BCUT2D eigenvalue weighted by Crippen LogP contribution is -2.37. The van der Waals surface area contributed by atoms with Crippen molar-refractivity contribution in [2.45, 2.75) is 31.7 Å². The molecule has 0 aromatic heterocycles. The quantitative estimate of drug-likeness (QED) is 0.599. The van der Waals surface area contributed by atoms with Crippen molar-refractivity contribution in [1.29, 1.82) is 0 Å². The average molecular weight is 180 g/mol. The zero-order valence-electron chi connectivity index (χ0n) is 7.75. The average Bonchev–Trinajstić information content (AvgIpc) is 2.14. The Morgan fingerprint density at radius 3 is 3.00 bits per heavy atom. The highest BCUT2D eigenvalue weighted by atomic mass is 16.1. The summed E-state index contributed by atoms with van der Waals surface area (Å²) in [4.78, 5) is 11.4. The van der Waals surface area contributed by atoms with Gasteiger partial charge in [-0.2, -0.15) is 0 Å². The van der Waals surface area contributed by atoms with Crippen LogP contribution in [-0.2, 0) is 4.79 Å². The Morgan fingerprint density at radius 2 is 2.38 bits per heavy atom. The minimum Gasteiger partial charge on any atom is -0.345 e. The number of hydrogen-bond acceptors (Lipinski definition) is 2. The molecule has 0 aromatic rings. The van der Waals surface area contributed by atoms with Crippen molar-refractivity contribution < 1.29 is 4.79 Å². The van der Waals surface area contributed by atoms with E-state index in [4.69, 9.17) is 12.2 Å². The summed E-state index contributed by atoms with van der Waals surface area (Å²) in [6.45, 7) is 0.324. The summed E-state index contributed by atoms with van der Waals surface area (Å²) < 4.78 is 0. The summed E-state index contributed by atoms with van der Waals surface area (Å²) in [5.41, 5.74) is 5.77. The highest BCUT2D eigenvalue weighted by Crippen LogP contribution is 2.22. The maximum atomic E-state index is 11.4. The molecule has 0 bridgehead atoms. The number of terminal acetylenes is 1. The van der Waals surface area contributed by atoms with Gasteiger partial charge in [0.2, 0.25) is 5.91 Å². The first-order chi connectivity index (χ1) is 6.24. The second-order valence-corrected chi connectivity index (χ2v) is 3.55. The lowest BCUT2D eigenvalue weighted by molar-refractivity contribution is -0.125. The Hall–Kier alpha value is -1.01. The van der Waals surface area contributed by atoms with Crippen LogP contribution < -0.4 is 11.1 Å². The van der Waals surface area contributed by atoms with Crippen LogP contribution in [0.3, 0.4) is 0 Å². The van der Waals surface area contributed by atoms with Crippen LogP contribution in [0, 0.1) is 18.3 Å². The third-order valence-corrected chi connectivity index (χ3v) is 2.45. The second kappa shape index (κ2) is 4.88.